The molecule has 1 aromatic rings. The number of nitrogens with one attached hydrogen (secondary N) is 1. The molecule has 0 aromatic carbocycles. The zero-order valence-electron chi connectivity index (χ0n) is 10.3. The summed E-state index contributed by atoms with van der Waals surface area (Å²) < 4.78 is 7.28. The van der Waals surface area contributed by atoms with E-state index in [0.717, 1.165) is 12.1 Å². The van der Waals surface area contributed by atoms with Gasteiger partial charge in [-0.3, -0.25) is 16.0 Å². The van der Waals surface area contributed by atoms with Crippen molar-refractivity contribution in [2.45, 2.75) is 39.3 Å². The van der Waals surface area contributed by atoms with E-state index in [1.54, 1.807) is 0 Å². The van der Waals surface area contributed by atoms with Gasteiger partial charge in [-0.15, -0.1) is 0 Å². The molecule has 0 aliphatic heterocycles. The first-order valence-electron chi connectivity index (χ1n) is 5.75. The van der Waals surface area contributed by atoms with Gasteiger partial charge in [-0.05, 0) is 26.8 Å². The number of hydrazine groups is 1. The van der Waals surface area contributed by atoms with Crippen molar-refractivity contribution in [3.63, 3.8) is 0 Å². The molecule has 1 aromatic heterocycles. The van der Waals surface area contributed by atoms with E-state index in [0.29, 0.717) is 19.3 Å². The molecule has 5 nitrogen and oxygen atoms in total. The maximum absolute atomic E-state index is 5.46. The summed E-state index contributed by atoms with van der Waals surface area (Å²) in [6, 6.07) is 2.54. The van der Waals surface area contributed by atoms with Gasteiger partial charge in [-0.25, -0.2) is 0 Å². The first-order chi connectivity index (χ1) is 7.67. The Balaban J connectivity index is 2.49. The van der Waals surface area contributed by atoms with E-state index in [2.05, 4.69) is 24.4 Å². The third-order valence-electron chi connectivity index (χ3n) is 2.41. The van der Waals surface area contributed by atoms with Crippen LogP contribution in [0.25, 0.3) is 0 Å². The van der Waals surface area contributed by atoms with Crippen molar-refractivity contribution in [2.24, 2.45) is 5.84 Å². The molecule has 1 atom stereocenters. The Kier molecular flexibility index (Phi) is 5.45. The van der Waals surface area contributed by atoms with Crippen molar-refractivity contribution in [1.82, 2.24) is 15.2 Å². The lowest BCUT2D eigenvalue weighted by molar-refractivity contribution is 0.122. The Labute approximate surface area is 96.9 Å². The number of hydrogen-bond donors (Lipinski definition) is 2. The van der Waals surface area contributed by atoms with Gasteiger partial charge in [0.2, 0.25) is 0 Å². The van der Waals surface area contributed by atoms with Crippen molar-refractivity contribution >= 4 is 0 Å². The van der Waals surface area contributed by atoms with E-state index < -0.39 is 0 Å². The van der Waals surface area contributed by atoms with E-state index in [1.807, 2.05) is 23.9 Å². The molecule has 1 heterocycles. The van der Waals surface area contributed by atoms with Gasteiger partial charge in [0.25, 0.3) is 0 Å². The standard InChI is InChI=1S/C11H22N4O/c1-4-16-8-11(13-12)7-10-5-6-15(14-10)9(2)3/h5-6,9,11,13H,4,7-8,12H2,1-3H3. The highest BCUT2D eigenvalue weighted by atomic mass is 16.5. The number of hydrogen-bond acceptors (Lipinski definition) is 4. The third-order valence-corrected chi connectivity index (χ3v) is 2.41. The minimum Gasteiger partial charge on any atom is -0.380 e. The molecule has 0 spiro atoms. The zero-order chi connectivity index (χ0) is 12.0. The molecule has 5 heteroatoms. The molecule has 0 bridgehead atoms. The Morgan fingerprint density at radius 2 is 2.31 bits per heavy atom. The Bertz CT molecular complexity index is 298. The Morgan fingerprint density at radius 3 is 2.81 bits per heavy atom. The number of nitrogens with two attached hydrogens (primary N) is 1. The monoisotopic (exact) mass is 226 g/mol. The quantitative estimate of drug-likeness (QED) is 0.535. The van der Waals surface area contributed by atoms with Gasteiger partial charge in [-0.2, -0.15) is 5.10 Å². The van der Waals surface area contributed by atoms with Gasteiger partial charge in [0, 0.05) is 25.3 Å². The van der Waals surface area contributed by atoms with E-state index in [4.69, 9.17) is 10.6 Å². The smallest absolute Gasteiger partial charge is 0.0641 e. The number of aromatic nitrogens is 2. The molecule has 3 N–H and O–H groups in total. The Morgan fingerprint density at radius 1 is 1.56 bits per heavy atom. The molecule has 0 amide bonds. The highest BCUT2D eigenvalue weighted by molar-refractivity contribution is 5.02. The van der Waals surface area contributed by atoms with Crippen molar-refractivity contribution in [2.75, 3.05) is 13.2 Å². The summed E-state index contributed by atoms with van der Waals surface area (Å²) in [5.41, 5.74) is 3.79. The van der Waals surface area contributed by atoms with Gasteiger partial charge in [0.15, 0.2) is 0 Å². The number of rotatable bonds is 7. The maximum atomic E-state index is 5.46. The first kappa shape index (κ1) is 13.2. The summed E-state index contributed by atoms with van der Waals surface area (Å²) >= 11 is 0. The number of nitrogens with zero attached hydrogens (tertiary/aromatic N) is 2. The molecular weight excluding hydrogens is 204 g/mol. The summed E-state index contributed by atoms with van der Waals surface area (Å²) in [4.78, 5) is 0. The van der Waals surface area contributed by atoms with Crippen LogP contribution in [0, 0.1) is 0 Å². The molecule has 0 aliphatic rings. The van der Waals surface area contributed by atoms with Crippen LogP contribution in [0.15, 0.2) is 12.3 Å². The lowest BCUT2D eigenvalue weighted by atomic mass is 10.2. The Hall–Kier alpha value is -0.910. The lowest BCUT2D eigenvalue weighted by Gasteiger charge is -2.14. The van der Waals surface area contributed by atoms with Crippen LogP contribution in [0.3, 0.4) is 0 Å². The van der Waals surface area contributed by atoms with Crippen LogP contribution in [0.4, 0.5) is 0 Å². The zero-order valence-corrected chi connectivity index (χ0v) is 10.3. The summed E-state index contributed by atoms with van der Waals surface area (Å²) in [6.07, 6.45) is 2.78. The molecule has 0 aliphatic carbocycles. The predicted octanol–water partition coefficient (Wildman–Crippen LogP) is 0.875. The van der Waals surface area contributed by atoms with Gasteiger partial charge >= 0.3 is 0 Å². The molecular formula is C11H22N4O. The molecule has 0 fully saturated rings. The summed E-state index contributed by atoms with van der Waals surface area (Å²) in [6.45, 7) is 7.51. The molecule has 0 saturated heterocycles. The predicted molar refractivity (Wildman–Crippen MR) is 63.9 cm³/mol. The molecule has 92 valence electrons. The maximum Gasteiger partial charge on any atom is 0.0641 e. The minimum absolute atomic E-state index is 0.121. The van der Waals surface area contributed by atoms with Crippen LogP contribution in [0.5, 0.6) is 0 Å². The molecule has 16 heavy (non-hydrogen) atoms. The van der Waals surface area contributed by atoms with Crippen LogP contribution >= 0.6 is 0 Å². The van der Waals surface area contributed by atoms with Crippen molar-refractivity contribution in [3.05, 3.63) is 18.0 Å². The summed E-state index contributed by atoms with van der Waals surface area (Å²) in [5, 5.41) is 4.47. The van der Waals surface area contributed by atoms with Gasteiger partial charge in [-0.1, -0.05) is 0 Å². The van der Waals surface area contributed by atoms with Gasteiger partial charge in [0.1, 0.15) is 0 Å². The van der Waals surface area contributed by atoms with Crippen LogP contribution < -0.4 is 11.3 Å². The van der Waals surface area contributed by atoms with Crippen LogP contribution in [0.1, 0.15) is 32.5 Å². The fraction of sp³-hybridized carbons (Fsp3) is 0.727. The van der Waals surface area contributed by atoms with Crippen LogP contribution in [-0.4, -0.2) is 29.0 Å². The lowest BCUT2D eigenvalue weighted by Crippen LogP contribution is -2.40. The van der Waals surface area contributed by atoms with E-state index >= 15 is 0 Å². The topological polar surface area (TPSA) is 65.1 Å². The summed E-state index contributed by atoms with van der Waals surface area (Å²) in [5.74, 6) is 5.46. The molecule has 1 rings (SSSR count). The number of ether oxygens (including phenoxy) is 1. The molecule has 0 saturated carbocycles. The van der Waals surface area contributed by atoms with Crippen molar-refractivity contribution in [1.29, 1.82) is 0 Å². The SMILES string of the molecule is CCOCC(Cc1ccn(C(C)C)n1)NN. The van der Waals surface area contributed by atoms with Crippen LogP contribution in [0.2, 0.25) is 0 Å². The highest BCUT2D eigenvalue weighted by Gasteiger charge is 2.10. The average molecular weight is 226 g/mol. The second-order valence-electron chi connectivity index (χ2n) is 4.11. The van der Waals surface area contributed by atoms with E-state index in [9.17, 15) is 0 Å². The van der Waals surface area contributed by atoms with E-state index in [1.165, 1.54) is 0 Å². The summed E-state index contributed by atoms with van der Waals surface area (Å²) in [7, 11) is 0. The minimum atomic E-state index is 0.121. The normalized spacial score (nSPS) is 13.3. The largest absolute Gasteiger partial charge is 0.380 e. The molecule has 0 radical (unpaired) electrons. The average Bonchev–Trinajstić information content (AvgIpc) is 2.72. The fourth-order valence-electron chi connectivity index (χ4n) is 1.45. The van der Waals surface area contributed by atoms with Gasteiger partial charge < -0.3 is 4.74 Å². The van der Waals surface area contributed by atoms with Gasteiger partial charge in [0.05, 0.1) is 18.3 Å². The second-order valence-corrected chi connectivity index (χ2v) is 4.11. The second kappa shape index (κ2) is 6.62. The van der Waals surface area contributed by atoms with Crippen molar-refractivity contribution < 1.29 is 4.74 Å². The van der Waals surface area contributed by atoms with Crippen LogP contribution in [-0.2, 0) is 11.2 Å². The first-order valence-corrected chi connectivity index (χ1v) is 5.75. The third kappa shape index (κ3) is 3.92. The highest BCUT2D eigenvalue weighted by Crippen LogP contribution is 2.06. The van der Waals surface area contributed by atoms with Crippen molar-refractivity contribution in [3.8, 4) is 0 Å². The molecule has 1 unspecified atom stereocenters. The van der Waals surface area contributed by atoms with E-state index in [-0.39, 0.29) is 6.04 Å². The fourth-order valence-corrected chi connectivity index (χ4v) is 1.45.